The molecule has 27 heteroatoms. The highest BCUT2D eigenvalue weighted by Gasteiger charge is 2.29. The van der Waals surface area contributed by atoms with E-state index in [-0.39, 0.29) is 52.5 Å². The molecule has 432 valence electrons. The molecule has 27 nitrogen and oxygen atoms in total. The first-order valence-corrected chi connectivity index (χ1v) is 22.2. The minimum absolute atomic E-state index is 0.148. The fourth-order valence-corrected chi connectivity index (χ4v) is 2.88. The summed E-state index contributed by atoms with van der Waals surface area (Å²) >= 11 is 0. The molecule has 0 saturated heterocycles. The lowest BCUT2D eigenvalue weighted by atomic mass is 9.96. The molecule has 0 aliphatic rings. The van der Waals surface area contributed by atoms with Gasteiger partial charge in [0, 0.05) is 36.8 Å². The van der Waals surface area contributed by atoms with Crippen molar-refractivity contribution in [2.75, 3.05) is 206 Å². The number of aliphatic hydroxyl groups is 8. The zero-order chi connectivity index (χ0) is 59.4. The SMILES string of the molecule is CC(O)C(=O)[O-].C[N+](C)(C)CCO.C[N+](C)(C)CCO.C[N+](C)(C)CCO.C[N+](C)(C)CCO.C[N+](C)(C)CCO.C[N+](C)(C)CCO.N[C@@H](CCC(=O)[O-])C(=O)[O-].O=C([O-])CC(O)(CC(=O)[O-])C(=O)[O-]. The number of carboxylic acid groups (broad SMARTS) is 6. The lowest BCUT2D eigenvalue weighted by molar-refractivity contribution is -0.870. The molecule has 0 aromatic carbocycles. The van der Waals surface area contributed by atoms with E-state index >= 15 is 0 Å². The van der Waals surface area contributed by atoms with Crippen LogP contribution in [0.3, 0.4) is 0 Å². The predicted octanol–water partition coefficient (Wildman–Crippen LogP) is -12.4. The van der Waals surface area contributed by atoms with Crippen LogP contribution >= 0.6 is 0 Å². The molecule has 0 radical (unpaired) electrons. The number of nitrogens with zero attached hydrogens (tertiary/aromatic N) is 6. The van der Waals surface area contributed by atoms with Crippen LogP contribution in [0.2, 0.25) is 0 Å². The number of carboxylic acids is 6. The van der Waals surface area contributed by atoms with Crippen LogP contribution in [0.15, 0.2) is 0 Å². The molecule has 0 rings (SSSR count). The fraction of sp³-hybridized carbons (Fsp3) is 0.864. The van der Waals surface area contributed by atoms with E-state index in [1.807, 2.05) is 0 Å². The van der Waals surface area contributed by atoms with Gasteiger partial charge in [0.25, 0.3) is 0 Å². The molecule has 2 atom stereocenters. The molecule has 0 heterocycles. The van der Waals surface area contributed by atoms with E-state index in [0.717, 1.165) is 73.1 Å². The zero-order valence-electron chi connectivity index (χ0n) is 46.7. The maximum absolute atomic E-state index is 10.1. The third kappa shape index (κ3) is 113. The number of hydrogen-bond acceptors (Lipinski definition) is 21. The van der Waals surface area contributed by atoms with Gasteiger partial charge in [0.1, 0.15) is 44.9 Å². The highest BCUT2D eigenvalue weighted by Crippen LogP contribution is 2.13. The average molecular weight is 1050 g/mol. The summed E-state index contributed by atoms with van der Waals surface area (Å²) in [6, 6.07) is -1.21. The Morgan fingerprint density at radius 2 is 0.606 bits per heavy atom. The van der Waals surface area contributed by atoms with Crippen LogP contribution in [-0.2, 0) is 28.8 Å². The largest absolute Gasteiger partial charge is 0.550 e. The van der Waals surface area contributed by atoms with Gasteiger partial charge in [-0.2, -0.15) is 0 Å². The van der Waals surface area contributed by atoms with Crippen LogP contribution in [0.25, 0.3) is 0 Å². The van der Waals surface area contributed by atoms with Crippen LogP contribution in [0.4, 0.5) is 0 Å². The molecule has 0 bridgehead atoms. The maximum Gasteiger partial charge on any atom is 0.114 e. The molecule has 0 aromatic heterocycles. The van der Waals surface area contributed by atoms with Crippen molar-refractivity contribution in [1.82, 2.24) is 0 Å². The Hall–Kier alpha value is -3.78. The van der Waals surface area contributed by atoms with Crippen molar-refractivity contribution in [3.8, 4) is 0 Å². The van der Waals surface area contributed by atoms with Crippen molar-refractivity contribution >= 4 is 35.8 Å². The third-order valence-electron chi connectivity index (χ3n) is 7.18. The van der Waals surface area contributed by atoms with Crippen LogP contribution in [0.5, 0.6) is 0 Å². The number of aliphatic hydroxyl groups excluding tert-OH is 7. The molecule has 0 fully saturated rings. The number of hydrogen-bond donors (Lipinski definition) is 9. The van der Waals surface area contributed by atoms with Gasteiger partial charge in [0.05, 0.1) is 191 Å². The van der Waals surface area contributed by atoms with Crippen molar-refractivity contribution in [3.05, 3.63) is 0 Å². The molecule has 10 N–H and O–H groups in total. The summed E-state index contributed by atoms with van der Waals surface area (Å²) in [5.41, 5.74) is 1.94. The van der Waals surface area contributed by atoms with E-state index in [1.165, 1.54) is 0 Å². The van der Waals surface area contributed by atoms with E-state index in [1.54, 1.807) is 0 Å². The van der Waals surface area contributed by atoms with E-state index in [4.69, 9.17) is 46.6 Å². The lowest BCUT2D eigenvalue weighted by Crippen LogP contribution is -2.54. The van der Waals surface area contributed by atoms with Crippen LogP contribution < -0.4 is 36.4 Å². The quantitative estimate of drug-likeness (QED) is 0.0455. The predicted molar refractivity (Wildman–Crippen MR) is 253 cm³/mol. The molecular weight excluding hydrogens is 947 g/mol. The topological polar surface area (TPSA) is 429 Å². The third-order valence-corrected chi connectivity index (χ3v) is 7.18. The van der Waals surface area contributed by atoms with Gasteiger partial charge in [-0.25, -0.2) is 0 Å². The van der Waals surface area contributed by atoms with Gasteiger partial charge < -0.3 is 133 Å². The summed E-state index contributed by atoms with van der Waals surface area (Å²) in [5.74, 6) is -10.2. The van der Waals surface area contributed by atoms with Gasteiger partial charge in [-0.1, -0.05) is 0 Å². The number of nitrogens with two attached hydrogens (primary N) is 1. The van der Waals surface area contributed by atoms with Crippen molar-refractivity contribution in [3.63, 3.8) is 0 Å². The standard InChI is InChI=1S/C6H8O7.C5H9NO4.6C5H14NO.C3H6O3/c7-3(8)1-6(13,5(11)12)2-4(9)10;6-3(5(9)10)1-2-4(7)8;6*1-6(2,3)4-5-7;1-2(4)3(5)6/h13H,1-2H2,(H,7,8)(H,9,10)(H,11,12);3H,1-2,6H2,(H,7,8)(H,9,10);6*7H,4-5H2,1-3H3;2,4H,1H3,(H,5,6)/q;;6*+1;/p-6/t;3-;;;;;;;/m.0......./s1. The molecule has 0 spiro atoms. The Balaban J connectivity index is -0.0000000880. The Morgan fingerprint density at radius 3 is 0.676 bits per heavy atom. The first-order valence-electron chi connectivity index (χ1n) is 22.2. The molecule has 0 aliphatic heterocycles. The summed E-state index contributed by atoms with van der Waals surface area (Å²) in [7, 11) is 36.9. The lowest BCUT2D eigenvalue weighted by Gasteiger charge is -2.29. The summed E-state index contributed by atoms with van der Waals surface area (Å²) in [4.78, 5) is 58.9. The van der Waals surface area contributed by atoms with Gasteiger partial charge >= 0.3 is 0 Å². The van der Waals surface area contributed by atoms with E-state index < -0.39 is 66.4 Å². The minimum atomic E-state index is -2.97. The van der Waals surface area contributed by atoms with Gasteiger partial charge in [-0.05, 0) is 19.8 Å². The summed E-state index contributed by atoms with van der Waals surface area (Å²) in [6.45, 7) is 7.82. The van der Waals surface area contributed by atoms with Gasteiger partial charge in [0.15, 0.2) is 0 Å². The first-order chi connectivity index (χ1) is 31.3. The number of rotatable bonds is 22. The number of quaternary nitrogens is 6. The summed E-state index contributed by atoms with van der Waals surface area (Å²) in [5, 5.41) is 126. The zero-order valence-corrected chi connectivity index (χ0v) is 46.7. The molecule has 0 aliphatic carbocycles. The van der Waals surface area contributed by atoms with E-state index in [0.29, 0.717) is 0 Å². The molecule has 0 saturated carbocycles. The summed E-state index contributed by atoms with van der Waals surface area (Å²) in [6.07, 6.45) is -4.56. The Bertz CT molecular complexity index is 1190. The Morgan fingerprint density at radius 1 is 0.423 bits per heavy atom. The molecular formula is C44H101N7O20. The van der Waals surface area contributed by atoms with Crippen molar-refractivity contribution in [2.45, 2.75) is 50.4 Å². The Labute approximate surface area is 424 Å². The number of carbonyl (C=O) groups is 6. The Kier molecular flexibility index (Phi) is 56.4. The number of likely N-dealkylation sites (N-methyl/N-ethyl adjacent to an activating group) is 6. The molecule has 0 amide bonds. The van der Waals surface area contributed by atoms with Gasteiger partial charge in [-0.3, -0.25) is 0 Å². The van der Waals surface area contributed by atoms with Crippen molar-refractivity contribution in [1.29, 1.82) is 0 Å². The number of aliphatic carboxylic acids is 6. The normalized spacial score (nSPS) is 12.0. The second-order valence-electron chi connectivity index (χ2n) is 21.7. The fourth-order valence-electron chi connectivity index (χ4n) is 2.88. The van der Waals surface area contributed by atoms with Crippen LogP contribution in [-0.4, -0.2) is 327 Å². The second kappa shape index (κ2) is 46.0. The average Bonchev–Trinajstić information content (AvgIpc) is 3.09. The van der Waals surface area contributed by atoms with E-state index in [9.17, 15) is 59.4 Å². The smallest absolute Gasteiger partial charge is 0.114 e. The highest BCUT2D eigenvalue weighted by molar-refractivity contribution is 5.86. The van der Waals surface area contributed by atoms with Crippen molar-refractivity contribution < 1.29 is 127 Å². The monoisotopic (exact) mass is 1050 g/mol. The van der Waals surface area contributed by atoms with Gasteiger partial charge in [0.2, 0.25) is 0 Å². The highest BCUT2D eigenvalue weighted by atomic mass is 16.4. The number of carbonyl (C=O) groups excluding carboxylic acids is 6. The minimum Gasteiger partial charge on any atom is -0.550 e. The first kappa shape index (κ1) is 87.0. The van der Waals surface area contributed by atoms with Crippen LogP contribution in [0, 0.1) is 0 Å². The molecule has 1 unspecified atom stereocenters. The maximum atomic E-state index is 10.1. The van der Waals surface area contributed by atoms with Gasteiger partial charge in [-0.15, -0.1) is 0 Å². The molecule has 71 heavy (non-hydrogen) atoms. The molecule has 0 aromatic rings. The van der Waals surface area contributed by atoms with Crippen molar-refractivity contribution in [2.24, 2.45) is 5.73 Å². The summed E-state index contributed by atoms with van der Waals surface area (Å²) < 4.78 is 5.06. The van der Waals surface area contributed by atoms with Crippen LogP contribution in [0.1, 0.15) is 32.6 Å². The van der Waals surface area contributed by atoms with E-state index in [2.05, 4.69) is 127 Å². The second-order valence-corrected chi connectivity index (χ2v) is 21.7.